The molecule has 0 aromatic heterocycles. The Morgan fingerprint density at radius 2 is 0.921 bits per heavy atom. The van der Waals surface area contributed by atoms with Crippen molar-refractivity contribution >= 4 is 29.6 Å². The maximum absolute atomic E-state index is 13.1. The van der Waals surface area contributed by atoms with E-state index in [-0.39, 0.29) is 114 Å². The summed E-state index contributed by atoms with van der Waals surface area (Å²) >= 11 is 0. The molecule has 0 spiro atoms. The van der Waals surface area contributed by atoms with Crippen molar-refractivity contribution in [3.8, 4) is 0 Å². The van der Waals surface area contributed by atoms with Gasteiger partial charge in [0.25, 0.3) is 0 Å². The number of esters is 1. The van der Waals surface area contributed by atoms with Crippen LogP contribution in [0.15, 0.2) is 10.2 Å². The van der Waals surface area contributed by atoms with E-state index in [0.717, 1.165) is 0 Å². The number of unbranched alkanes of at least 4 members (excludes halogenated alkanes) is 1. The van der Waals surface area contributed by atoms with Crippen LogP contribution in [0.25, 0.3) is 20.9 Å². The number of azide groups is 2. The molecule has 0 saturated carbocycles. The molecule has 0 unspecified atom stereocenters. The zero-order valence-electron chi connectivity index (χ0n) is 37.5. The van der Waals surface area contributed by atoms with Crippen LogP contribution >= 0.6 is 0 Å². The van der Waals surface area contributed by atoms with E-state index in [9.17, 15) is 24.0 Å². The van der Waals surface area contributed by atoms with Crippen molar-refractivity contribution in [2.24, 2.45) is 10.2 Å². The molecular formula is C39H72N10O14. The molecule has 0 aliphatic rings. The monoisotopic (exact) mass is 905 g/mol. The summed E-state index contributed by atoms with van der Waals surface area (Å²) in [5.74, 6) is -1.43. The van der Waals surface area contributed by atoms with Crippen LogP contribution in [0.2, 0.25) is 0 Å². The number of ether oxygens (including phenoxy) is 9. The van der Waals surface area contributed by atoms with E-state index in [0.29, 0.717) is 105 Å². The van der Waals surface area contributed by atoms with Crippen molar-refractivity contribution in [2.45, 2.75) is 83.8 Å². The highest BCUT2D eigenvalue weighted by molar-refractivity contribution is 5.87. The van der Waals surface area contributed by atoms with Crippen molar-refractivity contribution in [3.63, 3.8) is 0 Å². The lowest BCUT2D eigenvalue weighted by Crippen LogP contribution is -2.47. The highest BCUT2D eigenvalue weighted by Crippen LogP contribution is 2.08. The van der Waals surface area contributed by atoms with E-state index in [4.69, 9.17) is 53.7 Å². The molecule has 362 valence electrons. The Kier molecular flexibility index (Phi) is 40.0. The average Bonchev–Trinajstić information content (AvgIpc) is 3.24. The van der Waals surface area contributed by atoms with Crippen molar-refractivity contribution in [2.75, 3.05) is 138 Å². The van der Waals surface area contributed by atoms with E-state index in [1.807, 2.05) is 20.8 Å². The first-order chi connectivity index (χ1) is 30.5. The van der Waals surface area contributed by atoms with E-state index in [1.165, 1.54) is 0 Å². The van der Waals surface area contributed by atoms with Gasteiger partial charge >= 0.3 is 5.97 Å². The number of amides is 4. The topological polar surface area (TPSA) is 314 Å². The van der Waals surface area contributed by atoms with Gasteiger partial charge in [0.05, 0.1) is 112 Å². The molecule has 0 fully saturated rings. The molecule has 0 saturated heterocycles. The third kappa shape index (κ3) is 44.1. The highest BCUT2D eigenvalue weighted by atomic mass is 16.6. The lowest BCUT2D eigenvalue weighted by molar-refractivity contribution is -0.156. The van der Waals surface area contributed by atoms with Gasteiger partial charge in [-0.25, -0.2) is 0 Å². The maximum Gasteiger partial charge on any atom is 0.308 e. The number of nitrogens with zero attached hydrogens (tertiary/aromatic N) is 6. The molecule has 0 radical (unpaired) electrons. The molecule has 4 N–H and O–H groups in total. The summed E-state index contributed by atoms with van der Waals surface area (Å²) in [6.07, 6.45) is 2.39. The predicted molar refractivity (Wildman–Crippen MR) is 228 cm³/mol. The Bertz CT molecular complexity index is 1310. The minimum absolute atomic E-state index is 0.0888. The zero-order valence-corrected chi connectivity index (χ0v) is 37.5. The van der Waals surface area contributed by atoms with Crippen LogP contribution in [0, 0.1) is 0 Å². The van der Waals surface area contributed by atoms with Crippen molar-refractivity contribution in [1.82, 2.24) is 21.3 Å². The SMILES string of the molecule is CC(C)(C)OC(=O)CCOCCOCCOCCOCCNC(=O)[C@H](CCCCNC(=O)CCOCCOCCN=[N+]=[N-])NC(=O)CCCNC(=O)CCOCCOCCN=[N+]=[N-]. The normalized spacial score (nSPS) is 11.5. The largest absolute Gasteiger partial charge is 0.460 e. The summed E-state index contributed by atoms with van der Waals surface area (Å²) in [6, 6.07) is -0.816. The first-order valence-electron chi connectivity index (χ1n) is 21.4. The molecule has 0 aromatic rings. The summed E-state index contributed by atoms with van der Waals surface area (Å²) in [6.45, 7) is 11.6. The van der Waals surface area contributed by atoms with Gasteiger partial charge in [-0.1, -0.05) is 10.2 Å². The van der Waals surface area contributed by atoms with Crippen molar-refractivity contribution in [1.29, 1.82) is 0 Å². The average molecular weight is 905 g/mol. The standard InChI is InChI=1S/C39H72N10O14/c1-39(2,3)63-37(53)11-19-57-25-29-61-31-32-62-30-28-58-20-14-44-38(54)33(7-4-5-12-42-34(50)9-17-55-23-26-59-21-15-45-48-40)47-36(52)8-6-13-43-35(51)10-18-56-24-27-60-22-16-46-49-41/h33H,4-32H2,1-3H3,(H,42,50)(H,43,51)(H,44,54)(H,47,52)/t33-/m0/s1. The maximum atomic E-state index is 13.1. The van der Waals surface area contributed by atoms with Gasteiger partial charge in [0, 0.05) is 61.8 Å². The third-order valence-electron chi connectivity index (χ3n) is 7.82. The van der Waals surface area contributed by atoms with E-state index >= 15 is 0 Å². The molecule has 1 atom stereocenters. The Morgan fingerprint density at radius 1 is 0.492 bits per heavy atom. The zero-order chi connectivity index (χ0) is 46.5. The van der Waals surface area contributed by atoms with Crippen molar-refractivity contribution < 1.29 is 66.6 Å². The molecule has 0 rings (SSSR count). The molecule has 0 aromatic carbocycles. The minimum atomic E-state index is -0.816. The van der Waals surface area contributed by atoms with Gasteiger partial charge in [-0.2, -0.15) is 0 Å². The van der Waals surface area contributed by atoms with Crippen LogP contribution in [-0.4, -0.2) is 180 Å². The van der Waals surface area contributed by atoms with E-state index in [2.05, 4.69) is 41.3 Å². The van der Waals surface area contributed by atoms with Crippen LogP contribution in [-0.2, 0) is 66.6 Å². The van der Waals surface area contributed by atoms with Gasteiger partial charge in [0.15, 0.2) is 0 Å². The fraction of sp³-hybridized carbons (Fsp3) is 0.872. The van der Waals surface area contributed by atoms with Gasteiger partial charge < -0.3 is 63.9 Å². The Balaban J connectivity index is 4.41. The Labute approximate surface area is 370 Å². The minimum Gasteiger partial charge on any atom is -0.460 e. The summed E-state index contributed by atoms with van der Waals surface area (Å²) in [4.78, 5) is 67.1. The first-order valence-corrected chi connectivity index (χ1v) is 21.4. The molecule has 4 amide bonds. The fourth-order valence-electron chi connectivity index (χ4n) is 4.84. The van der Waals surface area contributed by atoms with Crippen LogP contribution in [0.4, 0.5) is 0 Å². The van der Waals surface area contributed by atoms with E-state index in [1.54, 1.807) is 0 Å². The number of nitrogens with one attached hydrogen (secondary N) is 4. The smallest absolute Gasteiger partial charge is 0.308 e. The molecule has 0 bridgehead atoms. The number of carbonyl (C=O) groups excluding carboxylic acids is 5. The summed E-state index contributed by atoms with van der Waals surface area (Å²) in [7, 11) is 0. The molecule has 0 aliphatic carbocycles. The van der Waals surface area contributed by atoms with Crippen LogP contribution < -0.4 is 21.3 Å². The molecule has 63 heavy (non-hydrogen) atoms. The number of hydrogen-bond acceptors (Lipinski definition) is 16. The lowest BCUT2D eigenvalue weighted by Gasteiger charge is -2.19. The van der Waals surface area contributed by atoms with Crippen LogP contribution in [0.1, 0.15) is 72.1 Å². The number of hydrogen-bond donors (Lipinski definition) is 4. The molecule has 0 heterocycles. The molecular weight excluding hydrogens is 832 g/mol. The van der Waals surface area contributed by atoms with Crippen LogP contribution in [0.3, 0.4) is 0 Å². The highest BCUT2D eigenvalue weighted by Gasteiger charge is 2.20. The fourth-order valence-corrected chi connectivity index (χ4v) is 4.84. The quantitative estimate of drug-likeness (QED) is 0.0224. The number of carbonyl (C=O) groups is 5. The third-order valence-corrected chi connectivity index (χ3v) is 7.82. The van der Waals surface area contributed by atoms with Crippen molar-refractivity contribution in [3.05, 3.63) is 20.9 Å². The van der Waals surface area contributed by atoms with Gasteiger partial charge in [0.2, 0.25) is 23.6 Å². The number of rotatable bonds is 44. The van der Waals surface area contributed by atoms with Gasteiger partial charge in [-0.15, -0.1) is 0 Å². The molecule has 0 aliphatic heterocycles. The summed E-state index contributed by atoms with van der Waals surface area (Å²) < 4.78 is 48.3. The predicted octanol–water partition coefficient (Wildman–Crippen LogP) is 2.04. The molecule has 24 heteroatoms. The van der Waals surface area contributed by atoms with Crippen LogP contribution in [0.5, 0.6) is 0 Å². The first kappa shape index (κ1) is 58.6. The molecule has 24 nitrogen and oxygen atoms in total. The van der Waals surface area contributed by atoms with E-state index < -0.39 is 11.6 Å². The van der Waals surface area contributed by atoms with Gasteiger partial charge in [-0.05, 0) is 57.5 Å². The second kappa shape index (κ2) is 42.9. The second-order valence-electron chi connectivity index (χ2n) is 14.4. The van der Waals surface area contributed by atoms with Gasteiger partial charge in [0.1, 0.15) is 11.6 Å². The second-order valence-corrected chi connectivity index (χ2v) is 14.4. The van der Waals surface area contributed by atoms with Gasteiger partial charge in [-0.3, -0.25) is 24.0 Å². The summed E-state index contributed by atoms with van der Waals surface area (Å²) in [5, 5.41) is 17.9. The lowest BCUT2D eigenvalue weighted by atomic mass is 10.1. The Morgan fingerprint density at radius 3 is 1.40 bits per heavy atom. The Hall–Kier alpha value is -4.35. The summed E-state index contributed by atoms with van der Waals surface area (Å²) in [5.41, 5.74) is 15.9.